The Morgan fingerprint density at radius 2 is 1.72 bits per heavy atom. The minimum absolute atomic E-state index is 0.333. The molecule has 4 saturated carbocycles. The molecule has 0 N–H and O–H groups in total. The monoisotopic (exact) mass is 562 g/mol. The summed E-state index contributed by atoms with van der Waals surface area (Å²) < 4.78 is 24.2. The Morgan fingerprint density at radius 1 is 1.00 bits per heavy atom. The SMILES string of the molecule is CC[C@H]1C(OCOC)C2C3CC[C@H]([C@H](C)CC=C(OC)O[Si](C)(C)C)[C@@]3(C)[C@@H](C)CC2[C@@]2(C)CC[C@@H](C)C[C@@H]12. The topological polar surface area (TPSA) is 36.9 Å². The Labute approximate surface area is 242 Å². The summed E-state index contributed by atoms with van der Waals surface area (Å²) in [6.45, 7) is 22.5. The van der Waals surface area contributed by atoms with Gasteiger partial charge in [0, 0.05) is 7.11 Å². The number of fused-ring (bicyclic) bond motifs is 5. The maximum absolute atomic E-state index is 6.80. The maximum atomic E-state index is 6.80. The molecular weight excluding hydrogens is 500 g/mol. The molecule has 226 valence electrons. The highest BCUT2D eigenvalue weighted by atomic mass is 28.4. The Kier molecular flexibility index (Phi) is 9.66. The van der Waals surface area contributed by atoms with Crippen molar-refractivity contribution >= 4 is 8.32 Å². The second-order valence-electron chi connectivity index (χ2n) is 15.7. The summed E-state index contributed by atoms with van der Waals surface area (Å²) in [5.41, 5.74) is 0.799. The van der Waals surface area contributed by atoms with E-state index >= 15 is 0 Å². The van der Waals surface area contributed by atoms with Crippen LogP contribution in [-0.4, -0.2) is 35.4 Å². The Bertz CT molecular complexity index is 853. The van der Waals surface area contributed by atoms with Crippen LogP contribution in [-0.2, 0) is 18.6 Å². The third-order valence-electron chi connectivity index (χ3n) is 12.6. The van der Waals surface area contributed by atoms with Gasteiger partial charge in [0.05, 0.1) is 13.2 Å². The lowest BCUT2D eigenvalue weighted by Crippen LogP contribution is -2.63. The zero-order valence-corrected chi connectivity index (χ0v) is 28.3. The van der Waals surface area contributed by atoms with E-state index in [0.29, 0.717) is 41.5 Å². The second kappa shape index (κ2) is 12.0. The molecule has 12 atom stereocenters. The molecule has 0 spiro atoms. The van der Waals surface area contributed by atoms with Gasteiger partial charge in [0.25, 0.3) is 5.95 Å². The lowest BCUT2D eigenvalue weighted by atomic mass is 9.39. The van der Waals surface area contributed by atoms with Crippen molar-refractivity contribution in [2.45, 2.75) is 119 Å². The number of ether oxygens (including phenoxy) is 3. The van der Waals surface area contributed by atoms with Crippen molar-refractivity contribution in [1.82, 2.24) is 0 Å². The molecular formula is C34H62O4Si. The molecule has 39 heavy (non-hydrogen) atoms. The summed E-state index contributed by atoms with van der Waals surface area (Å²) in [6, 6.07) is 0. The van der Waals surface area contributed by atoms with Gasteiger partial charge >= 0.3 is 0 Å². The molecule has 4 nitrogen and oxygen atoms in total. The zero-order chi connectivity index (χ0) is 28.8. The van der Waals surface area contributed by atoms with E-state index in [0.717, 1.165) is 47.9 Å². The van der Waals surface area contributed by atoms with Crippen molar-refractivity contribution in [3.8, 4) is 0 Å². The standard InChI is InChI=1S/C34H62O4Si/c1-12-25-28-19-22(2)17-18-33(28,5)29-20-24(4)34(6)26(14-15-27(34)31(29)32(25)37-21-35-7)23(3)13-16-30(36-8)38-39(9,10)11/h16,22-29,31-32H,12-15,17-21H2,1-11H3/t22-,23-,24+,25-,26-,27?,28+,29?,31?,32?,33+,34-/m1/s1. The first-order chi connectivity index (χ1) is 18.3. The maximum Gasteiger partial charge on any atom is 0.260 e. The van der Waals surface area contributed by atoms with Crippen LogP contribution in [0.15, 0.2) is 12.0 Å². The number of rotatable bonds is 10. The van der Waals surface area contributed by atoms with Gasteiger partial charge in [-0.15, -0.1) is 0 Å². The van der Waals surface area contributed by atoms with Crippen LogP contribution in [0.1, 0.15) is 92.9 Å². The molecule has 0 aromatic rings. The van der Waals surface area contributed by atoms with Crippen LogP contribution in [0.5, 0.6) is 0 Å². The highest BCUT2D eigenvalue weighted by molar-refractivity contribution is 6.70. The number of hydrogen-bond acceptors (Lipinski definition) is 4. The van der Waals surface area contributed by atoms with E-state index in [4.69, 9.17) is 18.6 Å². The van der Waals surface area contributed by atoms with Gasteiger partial charge in [-0.2, -0.15) is 0 Å². The minimum Gasteiger partial charge on any atom is -0.520 e. The fourth-order valence-corrected chi connectivity index (χ4v) is 11.5. The van der Waals surface area contributed by atoms with Crippen molar-refractivity contribution in [2.24, 2.45) is 64.1 Å². The number of allylic oxidation sites excluding steroid dienone is 1. The van der Waals surface area contributed by atoms with Gasteiger partial charge in [0.1, 0.15) is 6.79 Å². The molecule has 4 fully saturated rings. The average molecular weight is 563 g/mol. The van der Waals surface area contributed by atoms with Gasteiger partial charge in [-0.25, -0.2) is 0 Å². The van der Waals surface area contributed by atoms with Crippen molar-refractivity contribution < 1.29 is 18.6 Å². The Hall–Kier alpha value is -0.523. The lowest BCUT2D eigenvalue weighted by Gasteiger charge is -2.67. The molecule has 4 aliphatic carbocycles. The predicted octanol–water partition coefficient (Wildman–Crippen LogP) is 9.13. The van der Waals surface area contributed by atoms with E-state index in [-0.39, 0.29) is 0 Å². The Morgan fingerprint density at radius 3 is 2.33 bits per heavy atom. The van der Waals surface area contributed by atoms with Crippen molar-refractivity contribution in [1.29, 1.82) is 0 Å². The molecule has 4 unspecified atom stereocenters. The first-order valence-electron chi connectivity index (χ1n) is 16.3. The van der Waals surface area contributed by atoms with Crippen LogP contribution in [0, 0.1) is 64.1 Å². The van der Waals surface area contributed by atoms with Gasteiger partial charge in [0.2, 0.25) is 8.32 Å². The summed E-state index contributed by atoms with van der Waals surface area (Å²) in [5.74, 6) is 7.22. The van der Waals surface area contributed by atoms with E-state index in [9.17, 15) is 0 Å². The van der Waals surface area contributed by atoms with E-state index in [1.807, 2.05) is 0 Å². The van der Waals surface area contributed by atoms with Crippen LogP contribution in [0.25, 0.3) is 0 Å². The van der Waals surface area contributed by atoms with Crippen LogP contribution >= 0.6 is 0 Å². The van der Waals surface area contributed by atoms with Crippen LogP contribution < -0.4 is 0 Å². The summed E-state index contributed by atoms with van der Waals surface area (Å²) in [5, 5.41) is 0. The molecule has 0 amide bonds. The van der Waals surface area contributed by atoms with Gasteiger partial charge in [-0.1, -0.05) is 54.4 Å². The molecule has 0 radical (unpaired) electrons. The third-order valence-corrected chi connectivity index (χ3v) is 13.4. The Balaban J connectivity index is 1.65. The van der Waals surface area contributed by atoms with Crippen LogP contribution in [0.2, 0.25) is 19.6 Å². The quantitative estimate of drug-likeness (QED) is 0.151. The largest absolute Gasteiger partial charge is 0.520 e. The van der Waals surface area contributed by atoms with E-state index in [1.165, 1.54) is 44.9 Å². The molecule has 0 aromatic heterocycles. The summed E-state index contributed by atoms with van der Waals surface area (Å²) in [7, 11) is 1.85. The smallest absolute Gasteiger partial charge is 0.260 e. The molecule has 0 saturated heterocycles. The van der Waals surface area contributed by atoms with Gasteiger partial charge in [-0.3, -0.25) is 0 Å². The fourth-order valence-electron chi connectivity index (χ4n) is 10.7. The fraction of sp³-hybridized carbons (Fsp3) is 0.941. The first kappa shape index (κ1) is 31.4. The summed E-state index contributed by atoms with van der Waals surface area (Å²) >= 11 is 0. The molecule has 0 aliphatic heterocycles. The van der Waals surface area contributed by atoms with Crippen LogP contribution in [0.3, 0.4) is 0 Å². The predicted molar refractivity (Wildman–Crippen MR) is 164 cm³/mol. The highest BCUT2D eigenvalue weighted by Crippen LogP contribution is 2.71. The third kappa shape index (κ3) is 5.76. The first-order valence-corrected chi connectivity index (χ1v) is 19.8. The van der Waals surface area contributed by atoms with Gasteiger partial charge in [0.15, 0.2) is 0 Å². The molecule has 4 rings (SSSR count). The number of hydrogen-bond donors (Lipinski definition) is 0. The van der Waals surface area contributed by atoms with Crippen molar-refractivity contribution in [2.75, 3.05) is 21.0 Å². The average Bonchev–Trinajstić information content (AvgIpc) is 3.24. The highest BCUT2D eigenvalue weighted by Gasteiger charge is 2.66. The second-order valence-corrected chi connectivity index (χ2v) is 20.2. The van der Waals surface area contributed by atoms with Gasteiger partial charge < -0.3 is 18.6 Å². The van der Waals surface area contributed by atoms with Gasteiger partial charge in [-0.05, 0) is 128 Å². The molecule has 0 heterocycles. The molecule has 4 aliphatic rings. The molecule has 5 heteroatoms. The van der Waals surface area contributed by atoms with Crippen molar-refractivity contribution in [3.63, 3.8) is 0 Å². The summed E-state index contributed by atoms with van der Waals surface area (Å²) in [4.78, 5) is 0. The zero-order valence-electron chi connectivity index (χ0n) is 27.3. The van der Waals surface area contributed by atoms with Crippen LogP contribution in [0.4, 0.5) is 0 Å². The summed E-state index contributed by atoms with van der Waals surface area (Å²) in [6.07, 6.45) is 13.1. The van der Waals surface area contributed by atoms with Crippen molar-refractivity contribution in [3.05, 3.63) is 12.0 Å². The normalized spacial score (nSPS) is 45.2. The molecule has 0 aromatic carbocycles. The number of methoxy groups -OCH3 is 2. The molecule has 0 bridgehead atoms. The van der Waals surface area contributed by atoms with E-state index in [2.05, 4.69) is 67.3 Å². The van der Waals surface area contributed by atoms with E-state index in [1.54, 1.807) is 14.2 Å². The lowest BCUT2D eigenvalue weighted by molar-refractivity contribution is -0.240. The minimum atomic E-state index is -1.69. The van der Waals surface area contributed by atoms with E-state index < -0.39 is 8.32 Å².